The van der Waals surface area contributed by atoms with Gasteiger partial charge < -0.3 is 15.4 Å². The van der Waals surface area contributed by atoms with Crippen LogP contribution in [-0.4, -0.2) is 24.6 Å². The second-order valence-electron chi connectivity index (χ2n) is 5.09. The van der Waals surface area contributed by atoms with Crippen LogP contribution in [0.1, 0.15) is 32.3 Å². The third-order valence-corrected chi connectivity index (χ3v) is 3.17. The third-order valence-electron chi connectivity index (χ3n) is 3.17. The fourth-order valence-corrected chi connectivity index (χ4v) is 1.81. The van der Waals surface area contributed by atoms with E-state index in [1.165, 1.54) is 6.07 Å². The first kappa shape index (κ1) is 14.8. The molecule has 20 heavy (non-hydrogen) atoms. The van der Waals surface area contributed by atoms with Gasteiger partial charge in [-0.3, -0.25) is 4.79 Å². The van der Waals surface area contributed by atoms with Crippen LogP contribution in [0.15, 0.2) is 18.2 Å². The summed E-state index contributed by atoms with van der Waals surface area (Å²) in [5, 5.41) is 5.96. The Morgan fingerprint density at radius 2 is 2.25 bits per heavy atom. The number of carbonyl (C=O) groups is 1. The molecule has 1 unspecified atom stereocenters. The van der Waals surface area contributed by atoms with Gasteiger partial charge in [0.25, 0.3) is 5.91 Å². The van der Waals surface area contributed by atoms with Gasteiger partial charge in [-0.25, -0.2) is 4.39 Å². The van der Waals surface area contributed by atoms with Crippen molar-refractivity contribution in [1.82, 2.24) is 10.6 Å². The number of amides is 1. The Balaban J connectivity index is 1.92. The zero-order chi connectivity index (χ0) is 14.5. The molecule has 4 nitrogen and oxygen atoms in total. The van der Waals surface area contributed by atoms with Gasteiger partial charge in [-0.1, -0.05) is 13.0 Å². The predicted molar refractivity (Wildman–Crippen MR) is 75.0 cm³/mol. The number of carbonyl (C=O) groups excluding carboxylic acids is 1. The molecule has 0 aliphatic heterocycles. The molecule has 1 atom stereocenters. The van der Waals surface area contributed by atoms with Crippen LogP contribution in [0, 0.1) is 5.82 Å². The fraction of sp³-hybridized carbons (Fsp3) is 0.533. The molecule has 1 saturated carbocycles. The van der Waals surface area contributed by atoms with E-state index in [0.29, 0.717) is 6.54 Å². The third kappa shape index (κ3) is 4.20. The number of hydrogen-bond acceptors (Lipinski definition) is 3. The summed E-state index contributed by atoms with van der Waals surface area (Å²) < 4.78 is 19.3. The van der Waals surface area contributed by atoms with Gasteiger partial charge in [0.1, 0.15) is 0 Å². The molecular weight excluding hydrogens is 259 g/mol. The molecule has 0 radical (unpaired) electrons. The standard InChI is InChI=1S/C15H21FN2O2/c1-3-17-9-11-4-7-14(13(16)8-11)20-10(2)15(19)18-12-5-6-12/h4,7-8,10,12,17H,3,5-6,9H2,1-2H3,(H,18,19). The van der Waals surface area contributed by atoms with Crippen LogP contribution < -0.4 is 15.4 Å². The molecule has 0 saturated heterocycles. The molecule has 2 rings (SSSR count). The molecular formula is C15H21FN2O2. The molecule has 2 N–H and O–H groups in total. The molecule has 1 aliphatic carbocycles. The minimum absolute atomic E-state index is 0.115. The van der Waals surface area contributed by atoms with Crippen LogP contribution in [0.3, 0.4) is 0 Å². The van der Waals surface area contributed by atoms with E-state index >= 15 is 0 Å². The van der Waals surface area contributed by atoms with E-state index in [0.717, 1.165) is 24.9 Å². The van der Waals surface area contributed by atoms with Gasteiger partial charge in [-0.05, 0) is 44.0 Å². The van der Waals surface area contributed by atoms with Crippen LogP contribution in [-0.2, 0) is 11.3 Å². The minimum atomic E-state index is -0.690. The second-order valence-corrected chi connectivity index (χ2v) is 5.09. The number of rotatable bonds is 7. The van der Waals surface area contributed by atoms with Gasteiger partial charge in [-0.15, -0.1) is 0 Å². The number of benzene rings is 1. The first-order valence-corrected chi connectivity index (χ1v) is 7.06. The van der Waals surface area contributed by atoms with Crippen molar-refractivity contribution in [2.45, 2.75) is 45.4 Å². The predicted octanol–water partition coefficient (Wildman–Crippen LogP) is 1.98. The lowest BCUT2D eigenvalue weighted by Gasteiger charge is -2.15. The Hall–Kier alpha value is -1.62. The van der Waals surface area contributed by atoms with E-state index in [1.807, 2.05) is 6.92 Å². The molecule has 0 spiro atoms. The molecule has 0 heterocycles. The highest BCUT2D eigenvalue weighted by Gasteiger charge is 2.26. The van der Waals surface area contributed by atoms with Crippen molar-refractivity contribution in [3.8, 4) is 5.75 Å². The average Bonchev–Trinajstić information content (AvgIpc) is 3.23. The van der Waals surface area contributed by atoms with Crippen LogP contribution in [0.25, 0.3) is 0 Å². The maximum absolute atomic E-state index is 13.9. The molecule has 1 fully saturated rings. The van der Waals surface area contributed by atoms with Crippen molar-refractivity contribution < 1.29 is 13.9 Å². The van der Waals surface area contributed by atoms with Gasteiger partial charge in [0.15, 0.2) is 17.7 Å². The Morgan fingerprint density at radius 3 is 2.85 bits per heavy atom. The topological polar surface area (TPSA) is 50.4 Å². The summed E-state index contributed by atoms with van der Waals surface area (Å²) >= 11 is 0. The average molecular weight is 280 g/mol. The molecule has 1 amide bonds. The second kappa shape index (κ2) is 6.70. The Labute approximate surface area is 118 Å². The van der Waals surface area contributed by atoms with Crippen LogP contribution >= 0.6 is 0 Å². The smallest absolute Gasteiger partial charge is 0.260 e. The number of halogens is 1. The van der Waals surface area contributed by atoms with E-state index in [2.05, 4.69) is 10.6 Å². The first-order valence-electron chi connectivity index (χ1n) is 7.06. The van der Waals surface area contributed by atoms with Crippen molar-refractivity contribution in [3.05, 3.63) is 29.6 Å². The highest BCUT2D eigenvalue weighted by atomic mass is 19.1. The molecule has 1 aliphatic rings. The van der Waals surface area contributed by atoms with Crippen molar-refractivity contribution in [3.63, 3.8) is 0 Å². The lowest BCUT2D eigenvalue weighted by molar-refractivity contribution is -0.127. The number of hydrogen-bond donors (Lipinski definition) is 2. The van der Waals surface area contributed by atoms with Crippen LogP contribution in [0.4, 0.5) is 4.39 Å². The lowest BCUT2D eigenvalue weighted by atomic mass is 10.2. The largest absolute Gasteiger partial charge is 0.478 e. The summed E-state index contributed by atoms with van der Waals surface area (Å²) in [6, 6.07) is 5.08. The molecule has 0 bridgehead atoms. The maximum atomic E-state index is 13.9. The van der Waals surface area contributed by atoms with Crippen molar-refractivity contribution in [1.29, 1.82) is 0 Å². The van der Waals surface area contributed by atoms with Gasteiger partial charge in [0.05, 0.1) is 0 Å². The first-order chi connectivity index (χ1) is 9.60. The summed E-state index contributed by atoms with van der Waals surface area (Å²) in [6.45, 7) is 5.07. The van der Waals surface area contributed by atoms with E-state index in [1.54, 1.807) is 19.1 Å². The Bertz CT molecular complexity index is 475. The van der Waals surface area contributed by atoms with Crippen molar-refractivity contribution in [2.24, 2.45) is 0 Å². The van der Waals surface area contributed by atoms with Crippen LogP contribution in [0.2, 0.25) is 0 Å². The molecule has 1 aromatic rings. The minimum Gasteiger partial charge on any atom is -0.478 e. The lowest BCUT2D eigenvalue weighted by Crippen LogP contribution is -2.37. The summed E-state index contributed by atoms with van der Waals surface area (Å²) in [4.78, 5) is 11.7. The summed E-state index contributed by atoms with van der Waals surface area (Å²) in [5.41, 5.74) is 0.854. The molecule has 1 aromatic carbocycles. The zero-order valence-electron chi connectivity index (χ0n) is 11.9. The van der Waals surface area contributed by atoms with Crippen molar-refractivity contribution >= 4 is 5.91 Å². The number of nitrogens with one attached hydrogen (secondary N) is 2. The van der Waals surface area contributed by atoms with Gasteiger partial charge in [0.2, 0.25) is 0 Å². The van der Waals surface area contributed by atoms with Gasteiger partial charge in [0, 0.05) is 12.6 Å². The summed E-state index contributed by atoms with van der Waals surface area (Å²) in [5.74, 6) is -0.515. The summed E-state index contributed by atoms with van der Waals surface area (Å²) in [7, 11) is 0. The van der Waals surface area contributed by atoms with E-state index in [4.69, 9.17) is 4.74 Å². The highest BCUT2D eigenvalue weighted by molar-refractivity contribution is 5.81. The highest BCUT2D eigenvalue weighted by Crippen LogP contribution is 2.21. The Kier molecular flexibility index (Phi) is 4.95. The van der Waals surface area contributed by atoms with Gasteiger partial charge >= 0.3 is 0 Å². The van der Waals surface area contributed by atoms with E-state index < -0.39 is 11.9 Å². The van der Waals surface area contributed by atoms with E-state index in [-0.39, 0.29) is 17.7 Å². The summed E-state index contributed by atoms with van der Waals surface area (Å²) in [6.07, 6.45) is 1.35. The maximum Gasteiger partial charge on any atom is 0.260 e. The van der Waals surface area contributed by atoms with Crippen LogP contribution in [0.5, 0.6) is 5.75 Å². The SMILES string of the molecule is CCNCc1ccc(OC(C)C(=O)NC2CC2)c(F)c1. The Morgan fingerprint density at radius 1 is 1.50 bits per heavy atom. The van der Waals surface area contributed by atoms with Gasteiger partial charge in [-0.2, -0.15) is 0 Å². The number of ether oxygens (including phenoxy) is 1. The van der Waals surface area contributed by atoms with Crippen molar-refractivity contribution in [2.75, 3.05) is 6.54 Å². The normalized spacial score (nSPS) is 15.8. The monoisotopic (exact) mass is 280 g/mol. The molecule has 5 heteroatoms. The molecule has 0 aromatic heterocycles. The quantitative estimate of drug-likeness (QED) is 0.803. The molecule has 110 valence electrons. The van der Waals surface area contributed by atoms with E-state index in [9.17, 15) is 9.18 Å². The zero-order valence-corrected chi connectivity index (χ0v) is 11.9. The fourth-order valence-electron chi connectivity index (χ4n) is 1.81.